The second-order valence-corrected chi connectivity index (χ2v) is 8.76. The maximum Gasteiger partial charge on any atom is 0.337 e. The van der Waals surface area contributed by atoms with Crippen LogP contribution in [-0.4, -0.2) is 37.8 Å². The van der Waals surface area contributed by atoms with Crippen LogP contribution in [0.15, 0.2) is 52.4 Å². The van der Waals surface area contributed by atoms with Crippen LogP contribution < -0.4 is 5.56 Å². The predicted octanol–water partition coefficient (Wildman–Crippen LogP) is 4.06. The summed E-state index contributed by atoms with van der Waals surface area (Å²) in [6.07, 6.45) is 0. The van der Waals surface area contributed by atoms with E-state index in [4.69, 9.17) is 4.74 Å². The average molecular weight is 468 g/mol. The number of H-pyrrole nitrogens is 1. The molecule has 10 heteroatoms. The Morgan fingerprint density at radius 2 is 2.00 bits per heavy atom. The van der Waals surface area contributed by atoms with Gasteiger partial charge in [0.25, 0.3) is 5.56 Å². The van der Waals surface area contributed by atoms with E-state index in [1.165, 1.54) is 37.1 Å². The van der Waals surface area contributed by atoms with Gasteiger partial charge >= 0.3 is 5.97 Å². The molecule has 0 fully saturated rings. The van der Waals surface area contributed by atoms with Crippen molar-refractivity contribution in [3.63, 3.8) is 0 Å². The number of ether oxygens (including phenoxy) is 1. The fourth-order valence-corrected chi connectivity index (χ4v) is 4.22. The molecule has 33 heavy (non-hydrogen) atoms. The number of aromatic amines is 1. The van der Waals surface area contributed by atoms with Crippen LogP contribution >= 0.6 is 11.8 Å². The summed E-state index contributed by atoms with van der Waals surface area (Å²) >= 11 is 1.34. The van der Waals surface area contributed by atoms with Gasteiger partial charge in [0, 0.05) is 6.54 Å². The molecule has 1 N–H and O–H groups in total. The van der Waals surface area contributed by atoms with Gasteiger partial charge in [0.05, 0.1) is 34.9 Å². The van der Waals surface area contributed by atoms with E-state index in [1.807, 2.05) is 4.57 Å². The minimum absolute atomic E-state index is 0.279. The lowest BCUT2D eigenvalue weighted by Gasteiger charge is -2.13. The van der Waals surface area contributed by atoms with Crippen LogP contribution in [0.2, 0.25) is 0 Å². The van der Waals surface area contributed by atoms with Gasteiger partial charge in [-0.2, -0.15) is 0 Å². The third-order valence-corrected chi connectivity index (χ3v) is 5.87. The van der Waals surface area contributed by atoms with E-state index in [2.05, 4.69) is 34.0 Å². The van der Waals surface area contributed by atoms with E-state index >= 15 is 0 Å². The van der Waals surface area contributed by atoms with Crippen LogP contribution in [0.4, 0.5) is 4.39 Å². The molecular formula is C23H22FN5O3S. The van der Waals surface area contributed by atoms with Crippen LogP contribution in [0.25, 0.3) is 22.3 Å². The number of hydrogen-bond donors (Lipinski definition) is 1. The van der Waals surface area contributed by atoms with E-state index in [-0.39, 0.29) is 17.3 Å². The normalized spacial score (nSPS) is 11.3. The summed E-state index contributed by atoms with van der Waals surface area (Å²) in [6.45, 7) is 4.71. The van der Waals surface area contributed by atoms with E-state index < -0.39 is 5.97 Å². The number of halogens is 1. The number of nitrogens with zero attached hydrogens (tertiary/aromatic N) is 4. The molecule has 0 saturated heterocycles. The number of hydrogen-bond acceptors (Lipinski definition) is 7. The molecule has 0 aliphatic rings. The first-order valence-corrected chi connectivity index (χ1v) is 11.3. The van der Waals surface area contributed by atoms with Crippen LogP contribution in [0.3, 0.4) is 0 Å². The Bertz CT molecular complexity index is 1380. The Labute approximate surface area is 193 Å². The van der Waals surface area contributed by atoms with E-state index in [1.54, 1.807) is 24.3 Å². The SMILES string of the molecule is COC(=O)c1ccc2c(=O)[nH]c(CSc3nnc(-c4ccccc4F)n3CC(C)C)nc2c1. The zero-order valence-corrected chi connectivity index (χ0v) is 19.1. The maximum atomic E-state index is 14.4. The second-order valence-electron chi connectivity index (χ2n) is 7.82. The van der Waals surface area contributed by atoms with Crippen molar-refractivity contribution in [1.82, 2.24) is 24.7 Å². The molecule has 4 aromatic rings. The first-order chi connectivity index (χ1) is 15.9. The molecule has 2 aromatic carbocycles. The summed E-state index contributed by atoms with van der Waals surface area (Å²) < 4.78 is 21.0. The lowest BCUT2D eigenvalue weighted by Crippen LogP contribution is -2.13. The quantitative estimate of drug-likeness (QED) is 0.323. The third kappa shape index (κ3) is 4.80. The second kappa shape index (κ2) is 9.53. The van der Waals surface area contributed by atoms with Gasteiger partial charge in [-0.25, -0.2) is 14.2 Å². The summed E-state index contributed by atoms with van der Waals surface area (Å²) in [5, 5.41) is 9.46. The third-order valence-electron chi connectivity index (χ3n) is 4.89. The average Bonchev–Trinajstić information content (AvgIpc) is 3.18. The molecule has 2 heterocycles. The lowest BCUT2D eigenvalue weighted by atomic mass is 10.1. The number of carbonyl (C=O) groups is 1. The highest BCUT2D eigenvalue weighted by molar-refractivity contribution is 7.98. The number of carbonyl (C=O) groups excluding carboxylic acids is 1. The van der Waals surface area contributed by atoms with Gasteiger partial charge in [0.15, 0.2) is 11.0 Å². The molecule has 0 radical (unpaired) electrons. The monoisotopic (exact) mass is 467 g/mol. The van der Waals surface area contributed by atoms with Crippen LogP contribution in [0, 0.1) is 11.7 Å². The van der Waals surface area contributed by atoms with Gasteiger partial charge in [0.2, 0.25) is 0 Å². The number of aromatic nitrogens is 5. The number of fused-ring (bicyclic) bond motifs is 1. The molecule has 0 bridgehead atoms. The predicted molar refractivity (Wildman–Crippen MR) is 124 cm³/mol. The Balaban J connectivity index is 1.65. The molecule has 0 atom stereocenters. The maximum absolute atomic E-state index is 14.4. The molecule has 2 aromatic heterocycles. The summed E-state index contributed by atoms with van der Waals surface area (Å²) in [4.78, 5) is 31.6. The van der Waals surface area contributed by atoms with Crippen molar-refractivity contribution in [2.45, 2.75) is 31.3 Å². The molecule has 0 amide bonds. The highest BCUT2D eigenvalue weighted by Gasteiger charge is 2.18. The standard InChI is InChI=1S/C23H22FN5O3S/c1-13(2)11-29-20(15-6-4-5-7-17(15)24)27-28-23(29)33-12-19-25-18-10-14(22(31)32-3)8-9-16(18)21(30)26-19/h4-10,13H,11-12H2,1-3H3,(H,25,26,30). The number of thioether (sulfide) groups is 1. The van der Waals surface area contributed by atoms with Crippen molar-refractivity contribution in [3.8, 4) is 11.4 Å². The highest BCUT2D eigenvalue weighted by Crippen LogP contribution is 2.28. The fraction of sp³-hybridized carbons (Fsp3) is 0.261. The number of methoxy groups -OCH3 is 1. The van der Waals surface area contributed by atoms with Crippen molar-refractivity contribution in [1.29, 1.82) is 0 Å². The van der Waals surface area contributed by atoms with Crippen molar-refractivity contribution < 1.29 is 13.9 Å². The summed E-state index contributed by atoms with van der Waals surface area (Å²) in [5.41, 5.74) is 0.786. The first-order valence-electron chi connectivity index (χ1n) is 10.3. The van der Waals surface area contributed by atoms with Crippen LogP contribution in [0.5, 0.6) is 0 Å². The molecule has 0 unspecified atom stereocenters. The number of nitrogens with one attached hydrogen (secondary N) is 1. The van der Waals surface area contributed by atoms with Gasteiger partial charge in [0.1, 0.15) is 11.6 Å². The van der Waals surface area contributed by atoms with Crippen LogP contribution in [0.1, 0.15) is 30.0 Å². The molecular weight excluding hydrogens is 445 g/mol. The Morgan fingerprint density at radius 1 is 1.21 bits per heavy atom. The zero-order valence-electron chi connectivity index (χ0n) is 18.3. The van der Waals surface area contributed by atoms with Gasteiger partial charge < -0.3 is 14.3 Å². The molecule has 8 nitrogen and oxygen atoms in total. The van der Waals surface area contributed by atoms with Gasteiger partial charge in [-0.05, 0) is 36.2 Å². The van der Waals surface area contributed by atoms with E-state index in [0.29, 0.717) is 51.1 Å². The smallest absolute Gasteiger partial charge is 0.337 e. The molecule has 4 rings (SSSR count). The van der Waals surface area contributed by atoms with Crippen molar-refractivity contribution in [2.75, 3.05) is 7.11 Å². The largest absolute Gasteiger partial charge is 0.465 e. The molecule has 0 aliphatic heterocycles. The first kappa shape index (κ1) is 22.7. The Hall–Kier alpha value is -3.53. The molecule has 170 valence electrons. The van der Waals surface area contributed by atoms with Crippen molar-refractivity contribution >= 4 is 28.6 Å². The van der Waals surface area contributed by atoms with Crippen molar-refractivity contribution in [3.05, 3.63) is 70.0 Å². The van der Waals surface area contributed by atoms with Gasteiger partial charge in [-0.15, -0.1) is 10.2 Å². The highest BCUT2D eigenvalue weighted by atomic mass is 32.2. The Morgan fingerprint density at radius 3 is 2.73 bits per heavy atom. The van der Waals surface area contributed by atoms with Crippen LogP contribution in [-0.2, 0) is 17.0 Å². The zero-order chi connectivity index (χ0) is 23.5. The topological polar surface area (TPSA) is 103 Å². The minimum atomic E-state index is -0.502. The Kier molecular flexibility index (Phi) is 6.55. The van der Waals surface area contributed by atoms with E-state index in [9.17, 15) is 14.0 Å². The molecule has 0 saturated carbocycles. The number of benzene rings is 2. The van der Waals surface area contributed by atoms with Gasteiger partial charge in [-0.1, -0.05) is 37.7 Å². The lowest BCUT2D eigenvalue weighted by molar-refractivity contribution is 0.0601. The fourth-order valence-electron chi connectivity index (χ4n) is 3.40. The molecule has 0 spiro atoms. The summed E-state index contributed by atoms with van der Waals surface area (Å²) in [6, 6.07) is 11.1. The van der Waals surface area contributed by atoms with Crippen molar-refractivity contribution in [2.24, 2.45) is 5.92 Å². The summed E-state index contributed by atoms with van der Waals surface area (Å²) in [7, 11) is 1.29. The van der Waals surface area contributed by atoms with Gasteiger partial charge in [-0.3, -0.25) is 4.79 Å². The molecule has 0 aliphatic carbocycles. The number of esters is 1. The summed E-state index contributed by atoms with van der Waals surface area (Å²) in [5.74, 6) is 0.589. The number of rotatable bonds is 7. The van der Waals surface area contributed by atoms with E-state index in [0.717, 1.165) is 0 Å². The minimum Gasteiger partial charge on any atom is -0.465 e.